The summed E-state index contributed by atoms with van der Waals surface area (Å²) < 4.78 is 0. The summed E-state index contributed by atoms with van der Waals surface area (Å²) >= 11 is 0. The number of aliphatic hydroxyl groups is 1. The molecule has 0 aliphatic heterocycles. The maximum Gasteiger partial charge on any atom is 0.135 e. The minimum atomic E-state index is -0.624. The number of ketones is 1. The highest BCUT2D eigenvalue weighted by Gasteiger charge is 2.61. The third kappa shape index (κ3) is 1.10. The van der Waals surface area contributed by atoms with Crippen molar-refractivity contribution < 1.29 is 9.90 Å². The number of carbonyl (C=O) groups is 1. The first kappa shape index (κ1) is 10.2. The molecule has 2 bridgehead atoms. The lowest BCUT2D eigenvalue weighted by atomic mass is 9.71. The molecule has 14 heavy (non-hydrogen) atoms. The molecule has 0 aromatic carbocycles. The Morgan fingerprint density at radius 3 is 1.93 bits per heavy atom. The lowest BCUT2D eigenvalue weighted by Gasteiger charge is -2.38. The first-order valence-corrected chi connectivity index (χ1v) is 5.55. The third-order valence-electron chi connectivity index (χ3n) is 4.89. The summed E-state index contributed by atoms with van der Waals surface area (Å²) in [7, 11) is 0. The van der Waals surface area contributed by atoms with E-state index in [0.717, 1.165) is 32.1 Å². The van der Waals surface area contributed by atoms with E-state index >= 15 is 0 Å². The van der Waals surface area contributed by atoms with Crippen molar-refractivity contribution in [3.8, 4) is 0 Å². The smallest absolute Gasteiger partial charge is 0.135 e. The molecule has 0 amide bonds. The Morgan fingerprint density at radius 1 is 1.21 bits per heavy atom. The molecule has 2 aliphatic carbocycles. The highest BCUT2D eigenvalue weighted by molar-refractivity contribution is 5.83. The predicted octanol–water partition coefficient (Wildman–Crippen LogP) is 2.30. The zero-order valence-electron chi connectivity index (χ0n) is 9.39. The normalized spacial score (nSPS) is 41.7. The topological polar surface area (TPSA) is 37.3 Å². The monoisotopic (exact) mass is 196 g/mol. The highest BCUT2D eigenvalue weighted by atomic mass is 16.3. The van der Waals surface area contributed by atoms with Gasteiger partial charge < -0.3 is 5.11 Å². The van der Waals surface area contributed by atoms with Crippen LogP contribution in [-0.4, -0.2) is 16.5 Å². The van der Waals surface area contributed by atoms with Crippen LogP contribution in [0.25, 0.3) is 0 Å². The zero-order chi connectivity index (χ0) is 10.6. The Morgan fingerprint density at radius 2 is 1.71 bits per heavy atom. The van der Waals surface area contributed by atoms with Crippen molar-refractivity contribution in [1.82, 2.24) is 0 Å². The minimum absolute atomic E-state index is 0.0265. The van der Waals surface area contributed by atoms with E-state index in [-0.39, 0.29) is 10.8 Å². The van der Waals surface area contributed by atoms with Crippen LogP contribution in [0.5, 0.6) is 0 Å². The highest BCUT2D eigenvalue weighted by Crippen LogP contribution is 2.65. The molecule has 2 heteroatoms. The Labute approximate surface area is 85.7 Å². The van der Waals surface area contributed by atoms with E-state index in [9.17, 15) is 9.90 Å². The summed E-state index contributed by atoms with van der Waals surface area (Å²) in [6.07, 6.45) is 4.95. The molecular formula is C12H20O2. The Hall–Kier alpha value is -0.370. The molecule has 0 atom stereocenters. The third-order valence-corrected chi connectivity index (χ3v) is 4.89. The molecule has 0 spiro atoms. The van der Waals surface area contributed by atoms with Crippen LogP contribution in [0.2, 0.25) is 0 Å². The van der Waals surface area contributed by atoms with Gasteiger partial charge in [-0.1, -0.05) is 0 Å². The molecule has 0 unspecified atom stereocenters. The number of Topliss-reactive ketones (excluding diaryl/α,β-unsaturated/α-hetero) is 1. The van der Waals surface area contributed by atoms with E-state index in [1.54, 1.807) is 6.92 Å². The van der Waals surface area contributed by atoms with Crippen molar-refractivity contribution in [2.75, 3.05) is 0 Å². The molecule has 0 aromatic rings. The molecule has 1 N–H and O–H groups in total. The lowest BCUT2D eigenvalue weighted by Crippen LogP contribution is -2.40. The standard InChI is InChI=1S/C12H20O2/c1-9(13)11-4-6-12(8-11,7-5-11)10(2,3)14/h14H,4-8H2,1-3H3. The van der Waals surface area contributed by atoms with Crippen molar-refractivity contribution >= 4 is 5.78 Å². The van der Waals surface area contributed by atoms with Gasteiger partial charge in [-0.05, 0) is 58.3 Å². The van der Waals surface area contributed by atoms with Crippen LogP contribution in [0.4, 0.5) is 0 Å². The van der Waals surface area contributed by atoms with E-state index in [1.165, 1.54) is 0 Å². The summed E-state index contributed by atoms with van der Waals surface area (Å²) in [6.45, 7) is 5.51. The SMILES string of the molecule is CC(=O)C12CCC(C(C)(C)O)(CC1)C2. The largest absolute Gasteiger partial charge is 0.390 e. The van der Waals surface area contributed by atoms with Crippen molar-refractivity contribution in [3.63, 3.8) is 0 Å². The number of carbonyl (C=O) groups excluding carboxylic acids is 1. The quantitative estimate of drug-likeness (QED) is 0.735. The van der Waals surface area contributed by atoms with Gasteiger partial charge in [-0.2, -0.15) is 0 Å². The van der Waals surface area contributed by atoms with Crippen molar-refractivity contribution in [1.29, 1.82) is 0 Å². The minimum Gasteiger partial charge on any atom is -0.390 e. The Balaban J connectivity index is 2.29. The maximum absolute atomic E-state index is 11.6. The van der Waals surface area contributed by atoms with Crippen LogP contribution >= 0.6 is 0 Å². The van der Waals surface area contributed by atoms with Gasteiger partial charge in [0.2, 0.25) is 0 Å². The van der Waals surface area contributed by atoms with Crippen molar-refractivity contribution in [3.05, 3.63) is 0 Å². The number of fused-ring (bicyclic) bond motifs is 2. The fourth-order valence-electron chi connectivity index (χ4n) is 3.51. The van der Waals surface area contributed by atoms with Gasteiger partial charge in [0, 0.05) is 5.41 Å². The molecule has 2 fully saturated rings. The summed E-state index contributed by atoms with van der Waals surface area (Å²) in [5.41, 5.74) is -0.667. The molecule has 80 valence electrons. The predicted molar refractivity (Wildman–Crippen MR) is 54.9 cm³/mol. The molecule has 2 aliphatic rings. The van der Waals surface area contributed by atoms with E-state index in [1.807, 2.05) is 13.8 Å². The van der Waals surface area contributed by atoms with Gasteiger partial charge in [-0.15, -0.1) is 0 Å². The average molecular weight is 196 g/mol. The first-order chi connectivity index (χ1) is 6.31. The molecule has 0 heterocycles. The zero-order valence-corrected chi connectivity index (χ0v) is 9.39. The summed E-state index contributed by atoms with van der Waals surface area (Å²) in [5, 5.41) is 10.2. The maximum atomic E-state index is 11.6. The van der Waals surface area contributed by atoms with Crippen LogP contribution in [0.15, 0.2) is 0 Å². The Bertz CT molecular complexity index is 265. The second kappa shape index (κ2) is 2.60. The van der Waals surface area contributed by atoms with E-state index in [4.69, 9.17) is 0 Å². The fourth-order valence-corrected chi connectivity index (χ4v) is 3.51. The van der Waals surface area contributed by atoms with Crippen LogP contribution in [0.3, 0.4) is 0 Å². The second-order valence-corrected chi connectivity index (χ2v) is 5.85. The molecular weight excluding hydrogens is 176 g/mol. The van der Waals surface area contributed by atoms with Gasteiger partial charge >= 0.3 is 0 Å². The van der Waals surface area contributed by atoms with Crippen LogP contribution in [0, 0.1) is 10.8 Å². The van der Waals surface area contributed by atoms with E-state index in [0.29, 0.717) is 5.78 Å². The van der Waals surface area contributed by atoms with Crippen molar-refractivity contribution in [2.24, 2.45) is 10.8 Å². The van der Waals surface area contributed by atoms with Gasteiger partial charge in [-0.3, -0.25) is 4.79 Å². The Kier molecular flexibility index (Phi) is 1.89. The lowest BCUT2D eigenvalue weighted by molar-refractivity contribution is -0.126. The molecule has 2 rings (SSSR count). The van der Waals surface area contributed by atoms with E-state index in [2.05, 4.69) is 0 Å². The summed E-state index contributed by atoms with van der Waals surface area (Å²) in [5.74, 6) is 0.334. The second-order valence-electron chi connectivity index (χ2n) is 5.85. The molecule has 0 saturated heterocycles. The molecule has 0 radical (unpaired) electrons. The molecule has 0 aromatic heterocycles. The van der Waals surface area contributed by atoms with Gasteiger partial charge in [-0.25, -0.2) is 0 Å². The van der Waals surface area contributed by atoms with Crippen LogP contribution in [0.1, 0.15) is 52.9 Å². The first-order valence-electron chi connectivity index (χ1n) is 5.55. The molecule has 2 saturated carbocycles. The summed E-state index contributed by atoms with van der Waals surface area (Å²) in [6, 6.07) is 0. The van der Waals surface area contributed by atoms with Crippen molar-refractivity contribution in [2.45, 2.75) is 58.5 Å². The van der Waals surface area contributed by atoms with Gasteiger partial charge in [0.15, 0.2) is 0 Å². The molecule has 2 nitrogen and oxygen atoms in total. The number of rotatable bonds is 2. The van der Waals surface area contributed by atoms with E-state index < -0.39 is 5.60 Å². The number of hydrogen-bond acceptors (Lipinski definition) is 2. The van der Waals surface area contributed by atoms with Gasteiger partial charge in [0.05, 0.1) is 5.60 Å². The average Bonchev–Trinajstić information content (AvgIpc) is 2.59. The van der Waals surface area contributed by atoms with Crippen LogP contribution in [-0.2, 0) is 4.79 Å². The number of hydrogen-bond donors (Lipinski definition) is 1. The summed E-state index contributed by atoms with van der Waals surface area (Å²) in [4.78, 5) is 11.6. The van der Waals surface area contributed by atoms with Gasteiger partial charge in [0.25, 0.3) is 0 Å². The van der Waals surface area contributed by atoms with Crippen LogP contribution < -0.4 is 0 Å². The fraction of sp³-hybridized carbons (Fsp3) is 0.917. The van der Waals surface area contributed by atoms with Gasteiger partial charge in [0.1, 0.15) is 5.78 Å².